The molecule has 2 aromatic carbocycles. The Hall–Kier alpha value is -3.59. The largest absolute Gasteiger partial charge is 0.493 e. The standard InChI is InChI=1S/C22H25ClN4O5/c1-13(2)19(26-21(29)14-7-9-16(23)10-8-14)22(30)27-25-11-15-5-4-6-17(31-3)20(15)32-12-18(24)28/h4-11,13,19H,12H2,1-3H3,(H2,24,28)(H,26,29)(H,27,30)/b25-11+. The molecule has 2 aromatic rings. The van der Waals surface area contributed by atoms with Crippen molar-refractivity contribution in [3.05, 3.63) is 58.6 Å². The fraction of sp³-hybridized carbons (Fsp3) is 0.273. The predicted octanol–water partition coefficient (Wildman–Crippen LogP) is 2.12. The minimum atomic E-state index is -0.828. The number of ether oxygens (including phenoxy) is 2. The van der Waals surface area contributed by atoms with E-state index in [9.17, 15) is 14.4 Å². The summed E-state index contributed by atoms with van der Waals surface area (Å²) in [5.41, 5.74) is 8.39. The van der Waals surface area contributed by atoms with Gasteiger partial charge in [0.25, 0.3) is 17.7 Å². The summed E-state index contributed by atoms with van der Waals surface area (Å²) >= 11 is 5.84. The van der Waals surface area contributed by atoms with Crippen LogP contribution in [0.25, 0.3) is 0 Å². The molecule has 10 heteroatoms. The first-order valence-electron chi connectivity index (χ1n) is 9.70. The number of methoxy groups -OCH3 is 1. The van der Waals surface area contributed by atoms with Crippen LogP contribution < -0.4 is 25.9 Å². The Morgan fingerprint density at radius 3 is 2.44 bits per heavy atom. The maximum Gasteiger partial charge on any atom is 0.262 e. The van der Waals surface area contributed by atoms with Gasteiger partial charge in [-0.15, -0.1) is 0 Å². The second-order valence-corrected chi connectivity index (χ2v) is 7.51. The summed E-state index contributed by atoms with van der Waals surface area (Å²) < 4.78 is 10.6. The average Bonchev–Trinajstić information content (AvgIpc) is 2.76. The number of hydrogen-bond acceptors (Lipinski definition) is 6. The first-order chi connectivity index (χ1) is 15.2. The SMILES string of the molecule is COc1cccc(/C=N/NC(=O)C(NC(=O)c2ccc(Cl)cc2)C(C)C)c1OCC(N)=O. The quantitative estimate of drug-likeness (QED) is 0.369. The molecule has 1 unspecified atom stereocenters. The van der Waals surface area contributed by atoms with Gasteiger partial charge in [-0.3, -0.25) is 14.4 Å². The van der Waals surface area contributed by atoms with Gasteiger partial charge in [-0.2, -0.15) is 5.10 Å². The number of amides is 3. The highest BCUT2D eigenvalue weighted by Crippen LogP contribution is 2.29. The summed E-state index contributed by atoms with van der Waals surface area (Å²) in [6.45, 7) is 3.25. The number of hydrazone groups is 1. The normalized spacial score (nSPS) is 11.8. The van der Waals surface area contributed by atoms with Gasteiger partial charge in [0.05, 0.1) is 13.3 Å². The number of primary amides is 1. The zero-order valence-electron chi connectivity index (χ0n) is 17.9. The van der Waals surface area contributed by atoms with E-state index in [1.165, 1.54) is 13.3 Å². The highest BCUT2D eigenvalue weighted by Gasteiger charge is 2.24. The monoisotopic (exact) mass is 460 g/mol. The molecule has 9 nitrogen and oxygen atoms in total. The van der Waals surface area contributed by atoms with Crippen LogP contribution in [0.5, 0.6) is 11.5 Å². The molecule has 0 aromatic heterocycles. The van der Waals surface area contributed by atoms with Crippen molar-refractivity contribution in [1.82, 2.24) is 10.7 Å². The van der Waals surface area contributed by atoms with Crippen molar-refractivity contribution in [2.45, 2.75) is 19.9 Å². The van der Waals surface area contributed by atoms with Gasteiger partial charge in [0.2, 0.25) is 0 Å². The molecule has 0 bridgehead atoms. The molecule has 0 saturated carbocycles. The molecule has 170 valence electrons. The molecule has 0 radical (unpaired) electrons. The number of rotatable bonds is 10. The van der Waals surface area contributed by atoms with Crippen molar-refractivity contribution in [3.63, 3.8) is 0 Å². The molecule has 32 heavy (non-hydrogen) atoms. The zero-order chi connectivity index (χ0) is 23.7. The van der Waals surface area contributed by atoms with E-state index in [0.717, 1.165) is 0 Å². The average molecular weight is 461 g/mol. The topological polar surface area (TPSA) is 132 Å². The van der Waals surface area contributed by atoms with Gasteiger partial charge in [0, 0.05) is 16.1 Å². The van der Waals surface area contributed by atoms with E-state index in [0.29, 0.717) is 21.9 Å². The molecule has 1 atom stereocenters. The smallest absolute Gasteiger partial charge is 0.262 e. The Morgan fingerprint density at radius 1 is 1.16 bits per heavy atom. The molecule has 4 N–H and O–H groups in total. The van der Waals surface area contributed by atoms with Gasteiger partial charge in [0.1, 0.15) is 6.04 Å². The van der Waals surface area contributed by atoms with Crippen LogP contribution in [0.1, 0.15) is 29.8 Å². The third-order valence-electron chi connectivity index (χ3n) is 4.31. The molecular weight excluding hydrogens is 436 g/mol. The maximum atomic E-state index is 12.6. The molecule has 0 aliphatic carbocycles. The zero-order valence-corrected chi connectivity index (χ0v) is 18.7. The molecule has 3 amide bonds. The number of hydrogen-bond donors (Lipinski definition) is 3. The van der Waals surface area contributed by atoms with Gasteiger partial charge in [-0.25, -0.2) is 5.43 Å². The number of benzene rings is 2. The summed E-state index contributed by atoms with van der Waals surface area (Å²) in [5.74, 6) is -1.13. The number of carbonyl (C=O) groups excluding carboxylic acids is 3. The van der Waals surface area contributed by atoms with Gasteiger partial charge >= 0.3 is 0 Å². The van der Waals surface area contributed by atoms with Gasteiger partial charge < -0.3 is 20.5 Å². The second kappa shape index (κ2) is 11.7. The first-order valence-corrected chi connectivity index (χ1v) is 10.1. The summed E-state index contributed by atoms with van der Waals surface area (Å²) in [6.07, 6.45) is 1.34. The first kappa shape index (κ1) is 24.7. The van der Waals surface area contributed by atoms with E-state index >= 15 is 0 Å². The van der Waals surface area contributed by atoms with E-state index < -0.39 is 23.8 Å². The minimum absolute atomic E-state index is 0.201. The summed E-state index contributed by atoms with van der Waals surface area (Å²) in [4.78, 5) is 36.2. The van der Waals surface area contributed by atoms with Crippen LogP contribution in [-0.2, 0) is 9.59 Å². The van der Waals surface area contributed by atoms with Gasteiger partial charge in [0.15, 0.2) is 18.1 Å². The molecule has 0 aliphatic heterocycles. The molecule has 0 spiro atoms. The third kappa shape index (κ3) is 6.98. The van der Waals surface area contributed by atoms with Crippen molar-refractivity contribution < 1.29 is 23.9 Å². The van der Waals surface area contributed by atoms with Gasteiger partial charge in [-0.05, 0) is 42.3 Å². The van der Waals surface area contributed by atoms with Crippen LogP contribution >= 0.6 is 11.6 Å². The van der Waals surface area contributed by atoms with E-state index in [1.807, 2.05) is 0 Å². The Balaban J connectivity index is 2.10. The Labute approximate surface area is 190 Å². The van der Waals surface area contributed by atoms with E-state index in [4.69, 9.17) is 26.8 Å². The number of nitrogens with zero attached hydrogens (tertiary/aromatic N) is 1. The molecule has 0 aliphatic rings. The Kier molecular flexibility index (Phi) is 9.03. The third-order valence-corrected chi connectivity index (χ3v) is 4.56. The van der Waals surface area contributed by atoms with Crippen LogP contribution in [0, 0.1) is 5.92 Å². The van der Waals surface area contributed by atoms with Gasteiger partial charge in [-0.1, -0.05) is 31.5 Å². The number of para-hydroxylation sites is 1. The van der Waals surface area contributed by atoms with Crippen LogP contribution in [-0.4, -0.2) is 43.7 Å². The lowest BCUT2D eigenvalue weighted by Crippen LogP contribution is -2.48. The Bertz CT molecular complexity index is 992. The van der Waals surface area contributed by atoms with Crippen LogP contribution in [0.2, 0.25) is 5.02 Å². The predicted molar refractivity (Wildman–Crippen MR) is 121 cm³/mol. The number of nitrogens with one attached hydrogen (secondary N) is 2. The highest BCUT2D eigenvalue weighted by molar-refractivity contribution is 6.30. The van der Waals surface area contributed by atoms with Crippen LogP contribution in [0.3, 0.4) is 0 Å². The molecular formula is C22H25ClN4O5. The molecule has 0 heterocycles. The fourth-order valence-electron chi connectivity index (χ4n) is 2.69. The molecule has 0 fully saturated rings. The maximum absolute atomic E-state index is 12.6. The highest BCUT2D eigenvalue weighted by atomic mass is 35.5. The number of nitrogens with two attached hydrogens (primary N) is 1. The number of carbonyl (C=O) groups is 3. The van der Waals surface area contributed by atoms with Crippen molar-refractivity contribution in [3.8, 4) is 11.5 Å². The van der Waals surface area contributed by atoms with Crippen LogP contribution in [0.15, 0.2) is 47.6 Å². The summed E-state index contributed by atoms with van der Waals surface area (Å²) in [7, 11) is 1.45. The van der Waals surface area contributed by atoms with Crippen molar-refractivity contribution in [2.24, 2.45) is 16.8 Å². The van der Waals surface area contributed by atoms with E-state index in [1.54, 1.807) is 56.3 Å². The fourth-order valence-corrected chi connectivity index (χ4v) is 2.81. The summed E-state index contributed by atoms with van der Waals surface area (Å²) in [5, 5.41) is 7.16. The minimum Gasteiger partial charge on any atom is -0.493 e. The van der Waals surface area contributed by atoms with E-state index in [-0.39, 0.29) is 18.3 Å². The molecule has 0 saturated heterocycles. The lowest BCUT2D eigenvalue weighted by molar-refractivity contribution is -0.124. The lowest BCUT2D eigenvalue weighted by atomic mass is 10.0. The van der Waals surface area contributed by atoms with E-state index in [2.05, 4.69) is 15.8 Å². The summed E-state index contributed by atoms with van der Waals surface area (Å²) in [6, 6.07) is 10.5. The van der Waals surface area contributed by atoms with Crippen molar-refractivity contribution in [1.29, 1.82) is 0 Å². The number of halogens is 1. The van der Waals surface area contributed by atoms with Crippen molar-refractivity contribution >= 4 is 35.5 Å². The van der Waals surface area contributed by atoms with Crippen molar-refractivity contribution in [2.75, 3.05) is 13.7 Å². The van der Waals surface area contributed by atoms with Crippen LogP contribution in [0.4, 0.5) is 0 Å². The second-order valence-electron chi connectivity index (χ2n) is 7.07. The lowest BCUT2D eigenvalue weighted by Gasteiger charge is -2.20. The Morgan fingerprint density at radius 2 is 1.84 bits per heavy atom. The molecule has 2 rings (SSSR count).